The van der Waals surface area contributed by atoms with E-state index < -0.39 is 18.4 Å². The van der Waals surface area contributed by atoms with Gasteiger partial charge in [0.15, 0.2) is 6.10 Å². The van der Waals surface area contributed by atoms with E-state index in [1.165, 1.54) is 347 Å². The third-order valence-corrected chi connectivity index (χ3v) is 17.9. The van der Waals surface area contributed by atoms with Crippen LogP contribution in [0, 0.1) is 0 Å². The standard InChI is InChI=1S/C76H149NO8/c1-6-8-10-12-14-16-18-20-22-24-26-28-29-30-31-32-33-34-35-36-37-38-39-40-41-42-43-44-45-47-49-51-53-55-57-59-61-63-65-67-74(79)85-72(71-84-76(75(80)81)82-69-68-77(3,4)5)70-83-73(78)66-64-62-60-58-56-54-52-50-48-46-27-25-23-21-19-17-15-13-11-9-7-2/h72,76H,6-71H2,1-5H3/p+1. The molecule has 9 heteroatoms. The van der Waals surface area contributed by atoms with Crippen LogP contribution in [0.1, 0.15) is 412 Å². The van der Waals surface area contributed by atoms with Gasteiger partial charge in [0, 0.05) is 12.8 Å². The van der Waals surface area contributed by atoms with Crippen molar-refractivity contribution in [2.75, 3.05) is 47.5 Å². The number of hydrogen-bond acceptors (Lipinski definition) is 7. The molecule has 0 aliphatic heterocycles. The van der Waals surface area contributed by atoms with E-state index in [0.29, 0.717) is 17.4 Å². The number of aliphatic carboxylic acids is 1. The molecule has 9 nitrogen and oxygen atoms in total. The Labute approximate surface area is 530 Å². The number of hydrogen-bond donors (Lipinski definition) is 1. The predicted molar refractivity (Wildman–Crippen MR) is 365 cm³/mol. The first kappa shape index (κ1) is 83.3. The highest BCUT2D eigenvalue weighted by atomic mass is 16.7. The van der Waals surface area contributed by atoms with E-state index in [1.807, 2.05) is 21.1 Å². The zero-order chi connectivity index (χ0) is 61.9. The van der Waals surface area contributed by atoms with Crippen molar-refractivity contribution in [3.8, 4) is 0 Å². The second-order valence-corrected chi connectivity index (χ2v) is 27.7. The van der Waals surface area contributed by atoms with Crippen LogP contribution in [-0.4, -0.2) is 87.4 Å². The summed E-state index contributed by atoms with van der Waals surface area (Å²) < 4.78 is 23.0. The van der Waals surface area contributed by atoms with E-state index in [0.717, 1.165) is 38.5 Å². The van der Waals surface area contributed by atoms with Gasteiger partial charge in [-0.3, -0.25) is 9.59 Å². The predicted octanol–water partition coefficient (Wildman–Crippen LogP) is 23.8. The third kappa shape index (κ3) is 69.6. The van der Waals surface area contributed by atoms with Gasteiger partial charge in [0.2, 0.25) is 0 Å². The Kier molecular flexibility index (Phi) is 66.8. The maximum Gasteiger partial charge on any atom is 0.361 e. The van der Waals surface area contributed by atoms with E-state index in [9.17, 15) is 19.5 Å². The SMILES string of the molecule is CCCCCCCCCCCCCCCCCCCCCCCCCCCCCCCCCCCCCCCCCC(=O)OC(COC(=O)CCCCCCCCCCCCCCCCCCCCCCC)COC(OCC[N+](C)(C)C)C(=O)O. The van der Waals surface area contributed by atoms with Gasteiger partial charge in [0.05, 0.1) is 34.4 Å². The van der Waals surface area contributed by atoms with Crippen LogP contribution in [-0.2, 0) is 33.3 Å². The van der Waals surface area contributed by atoms with Crippen molar-refractivity contribution in [3.05, 3.63) is 0 Å². The molecule has 0 spiro atoms. The fourth-order valence-corrected chi connectivity index (χ4v) is 12.0. The normalized spacial score (nSPS) is 12.5. The van der Waals surface area contributed by atoms with Gasteiger partial charge in [-0.25, -0.2) is 4.79 Å². The molecule has 0 aliphatic rings. The van der Waals surface area contributed by atoms with Crippen LogP contribution in [0.15, 0.2) is 0 Å². The molecule has 0 aromatic carbocycles. The number of carboxylic acids is 1. The lowest BCUT2D eigenvalue weighted by Gasteiger charge is -2.25. The molecule has 0 bridgehead atoms. The summed E-state index contributed by atoms with van der Waals surface area (Å²) in [6.45, 7) is 4.98. The van der Waals surface area contributed by atoms with Gasteiger partial charge in [-0.15, -0.1) is 0 Å². The van der Waals surface area contributed by atoms with E-state index in [1.54, 1.807) is 0 Å². The molecule has 2 atom stereocenters. The van der Waals surface area contributed by atoms with E-state index in [2.05, 4.69) is 13.8 Å². The quantitative estimate of drug-likeness (QED) is 0.0278. The van der Waals surface area contributed by atoms with Gasteiger partial charge in [-0.05, 0) is 12.8 Å². The van der Waals surface area contributed by atoms with Crippen LogP contribution in [0.3, 0.4) is 0 Å². The summed E-state index contributed by atoms with van der Waals surface area (Å²) in [7, 11) is 6.00. The summed E-state index contributed by atoms with van der Waals surface area (Å²) >= 11 is 0. The minimum atomic E-state index is -1.50. The highest BCUT2D eigenvalue weighted by Crippen LogP contribution is 2.20. The molecular formula is C76H150NO8+. The monoisotopic (exact) mass is 1210 g/mol. The largest absolute Gasteiger partial charge is 0.477 e. The Morgan fingerprint density at radius 1 is 0.306 bits per heavy atom. The summed E-state index contributed by atoms with van der Waals surface area (Å²) in [5.74, 6) is -1.96. The van der Waals surface area contributed by atoms with Crippen LogP contribution in [0.2, 0.25) is 0 Å². The lowest BCUT2D eigenvalue weighted by molar-refractivity contribution is -0.870. The maximum atomic E-state index is 13.0. The first-order chi connectivity index (χ1) is 41.6. The fourth-order valence-electron chi connectivity index (χ4n) is 12.0. The Morgan fingerprint density at radius 2 is 0.529 bits per heavy atom. The minimum Gasteiger partial charge on any atom is -0.477 e. The van der Waals surface area contributed by atoms with Crippen LogP contribution in [0.4, 0.5) is 0 Å². The van der Waals surface area contributed by atoms with Crippen molar-refractivity contribution in [2.24, 2.45) is 0 Å². The minimum absolute atomic E-state index is 0.172. The van der Waals surface area contributed by atoms with Gasteiger partial charge in [0.1, 0.15) is 13.2 Å². The van der Waals surface area contributed by atoms with Crippen LogP contribution in [0.5, 0.6) is 0 Å². The Bertz CT molecular complexity index is 1350. The average molecular weight is 1210 g/mol. The molecule has 0 heterocycles. The zero-order valence-electron chi connectivity index (χ0n) is 58.1. The number of nitrogens with zero attached hydrogens (tertiary/aromatic N) is 1. The molecule has 0 fully saturated rings. The molecule has 2 unspecified atom stereocenters. The van der Waals surface area contributed by atoms with Gasteiger partial charge in [-0.1, -0.05) is 386 Å². The lowest BCUT2D eigenvalue weighted by atomic mass is 10.0. The fraction of sp³-hybridized carbons (Fsp3) is 0.961. The second kappa shape index (κ2) is 68.2. The van der Waals surface area contributed by atoms with Crippen molar-refractivity contribution in [1.29, 1.82) is 0 Å². The number of rotatable bonds is 73. The molecule has 0 aromatic rings. The highest BCUT2D eigenvalue weighted by Gasteiger charge is 2.25. The number of carbonyl (C=O) groups is 3. The summed E-state index contributed by atoms with van der Waals surface area (Å²) in [6.07, 6.45) is 79.8. The van der Waals surface area contributed by atoms with Gasteiger partial charge in [0.25, 0.3) is 6.29 Å². The van der Waals surface area contributed by atoms with Gasteiger partial charge < -0.3 is 28.5 Å². The molecule has 506 valence electrons. The number of likely N-dealkylation sites (N-methyl/N-ethyl adjacent to an activating group) is 1. The zero-order valence-corrected chi connectivity index (χ0v) is 58.1. The number of unbranched alkanes of at least 4 members (excludes halogenated alkanes) is 58. The topological polar surface area (TPSA) is 108 Å². The lowest BCUT2D eigenvalue weighted by Crippen LogP contribution is -2.40. The third-order valence-electron chi connectivity index (χ3n) is 17.9. The molecule has 0 aromatic heterocycles. The Hall–Kier alpha value is -1.71. The maximum absolute atomic E-state index is 13.0. The first-order valence-corrected chi connectivity index (χ1v) is 38.2. The molecule has 0 aliphatic carbocycles. The number of carbonyl (C=O) groups excluding carboxylic acids is 2. The van der Waals surface area contributed by atoms with Crippen molar-refractivity contribution in [1.82, 2.24) is 0 Å². The van der Waals surface area contributed by atoms with Crippen molar-refractivity contribution in [3.63, 3.8) is 0 Å². The number of carboxylic acid groups (broad SMARTS) is 1. The molecule has 0 saturated carbocycles. The summed E-state index contributed by atoms with van der Waals surface area (Å²) in [6, 6.07) is 0. The molecule has 85 heavy (non-hydrogen) atoms. The highest BCUT2D eigenvalue weighted by molar-refractivity contribution is 5.71. The summed E-state index contributed by atoms with van der Waals surface area (Å²) in [5.41, 5.74) is 0. The smallest absolute Gasteiger partial charge is 0.361 e. The number of ether oxygens (including phenoxy) is 4. The van der Waals surface area contributed by atoms with Gasteiger partial charge in [-0.2, -0.15) is 0 Å². The van der Waals surface area contributed by atoms with Crippen LogP contribution < -0.4 is 0 Å². The van der Waals surface area contributed by atoms with Crippen LogP contribution >= 0.6 is 0 Å². The molecule has 0 rings (SSSR count). The number of esters is 2. The summed E-state index contributed by atoms with van der Waals surface area (Å²) in [4.78, 5) is 37.6. The van der Waals surface area contributed by atoms with Crippen LogP contribution in [0.25, 0.3) is 0 Å². The molecule has 0 saturated heterocycles. The Morgan fingerprint density at radius 3 is 0.753 bits per heavy atom. The summed E-state index contributed by atoms with van der Waals surface area (Å²) in [5, 5.41) is 9.75. The molecule has 0 amide bonds. The van der Waals surface area contributed by atoms with Crippen molar-refractivity contribution >= 4 is 17.9 Å². The first-order valence-electron chi connectivity index (χ1n) is 38.2. The van der Waals surface area contributed by atoms with E-state index >= 15 is 0 Å². The van der Waals surface area contributed by atoms with E-state index in [-0.39, 0.29) is 38.2 Å². The average Bonchev–Trinajstić information content (AvgIpc) is 3.49. The van der Waals surface area contributed by atoms with Crippen molar-refractivity contribution in [2.45, 2.75) is 424 Å². The number of quaternary nitrogens is 1. The molecule has 0 radical (unpaired) electrons. The second-order valence-electron chi connectivity index (χ2n) is 27.7. The Balaban J connectivity index is 3.91. The van der Waals surface area contributed by atoms with E-state index in [4.69, 9.17) is 18.9 Å². The van der Waals surface area contributed by atoms with Crippen molar-refractivity contribution < 1.29 is 42.9 Å². The molecule has 1 N–H and O–H groups in total. The van der Waals surface area contributed by atoms with Gasteiger partial charge >= 0.3 is 17.9 Å². The molecular weight excluding hydrogens is 1050 g/mol.